The number of nitrogen functional groups attached to an aromatic ring is 1. The zero-order valence-electron chi connectivity index (χ0n) is 17.2. The van der Waals surface area contributed by atoms with Gasteiger partial charge >= 0.3 is 0 Å². The Morgan fingerprint density at radius 3 is 2.78 bits per heavy atom. The standard InChI is InChI=1S/C24H21F2N5O/c25-16-4-5-18(19(26)11-16)21-7-6-20(27)22(29-21)12-24(32)30-13-15(14-30)10-17-2-1-3-23-28-8-9-31(17)23/h1-9,11,15H,10,12-14,27H2. The predicted molar refractivity (Wildman–Crippen MR) is 117 cm³/mol. The molecule has 1 saturated heterocycles. The summed E-state index contributed by atoms with van der Waals surface area (Å²) in [4.78, 5) is 23.2. The van der Waals surface area contributed by atoms with E-state index in [0.717, 1.165) is 23.8 Å². The van der Waals surface area contributed by atoms with Crippen molar-refractivity contribution in [2.24, 2.45) is 5.92 Å². The highest BCUT2D eigenvalue weighted by atomic mass is 19.1. The van der Waals surface area contributed by atoms with Gasteiger partial charge in [-0.25, -0.2) is 13.8 Å². The Bertz CT molecular complexity index is 1310. The van der Waals surface area contributed by atoms with Crippen molar-refractivity contribution in [3.05, 3.63) is 83.9 Å². The van der Waals surface area contributed by atoms with Crippen LogP contribution in [0.3, 0.4) is 0 Å². The molecule has 2 N–H and O–H groups in total. The summed E-state index contributed by atoms with van der Waals surface area (Å²) >= 11 is 0. The van der Waals surface area contributed by atoms with Gasteiger partial charge in [-0.1, -0.05) is 6.07 Å². The monoisotopic (exact) mass is 433 g/mol. The van der Waals surface area contributed by atoms with Gasteiger partial charge < -0.3 is 15.0 Å². The number of hydrogen-bond donors (Lipinski definition) is 1. The van der Waals surface area contributed by atoms with Crippen LogP contribution in [0.15, 0.2) is 60.9 Å². The molecule has 0 aliphatic carbocycles. The number of aromatic nitrogens is 3. The fraction of sp³-hybridized carbons (Fsp3) is 0.208. The van der Waals surface area contributed by atoms with Gasteiger partial charge in [0.25, 0.3) is 0 Å². The summed E-state index contributed by atoms with van der Waals surface area (Å²) in [7, 11) is 0. The molecule has 1 aliphatic rings. The van der Waals surface area contributed by atoms with Gasteiger partial charge in [-0.05, 0) is 48.7 Å². The van der Waals surface area contributed by atoms with Crippen LogP contribution in [0, 0.1) is 17.6 Å². The van der Waals surface area contributed by atoms with E-state index in [1.54, 1.807) is 23.2 Å². The van der Waals surface area contributed by atoms with Gasteiger partial charge in [0, 0.05) is 42.8 Å². The molecule has 0 radical (unpaired) electrons. The molecular weight excluding hydrogens is 412 g/mol. The van der Waals surface area contributed by atoms with Gasteiger partial charge in [-0.15, -0.1) is 0 Å². The normalized spacial score (nSPS) is 14.0. The van der Waals surface area contributed by atoms with Crippen molar-refractivity contribution in [3.63, 3.8) is 0 Å². The third-order valence-electron chi connectivity index (χ3n) is 5.86. The number of benzene rings is 1. The first-order valence-corrected chi connectivity index (χ1v) is 10.4. The van der Waals surface area contributed by atoms with Crippen molar-refractivity contribution in [1.29, 1.82) is 0 Å². The Balaban J connectivity index is 1.24. The number of anilines is 1. The summed E-state index contributed by atoms with van der Waals surface area (Å²) < 4.78 is 29.4. The van der Waals surface area contributed by atoms with Crippen LogP contribution in [-0.2, 0) is 17.6 Å². The summed E-state index contributed by atoms with van der Waals surface area (Å²) in [6.45, 7) is 1.33. The first-order chi connectivity index (χ1) is 15.5. The molecule has 0 spiro atoms. The number of rotatable bonds is 5. The smallest absolute Gasteiger partial charge is 0.228 e. The average Bonchev–Trinajstić information content (AvgIpc) is 3.22. The molecule has 0 unspecified atom stereocenters. The van der Waals surface area contributed by atoms with Gasteiger partial charge in [-0.2, -0.15) is 0 Å². The van der Waals surface area contributed by atoms with Crippen LogP contribution in [0.5, 0.6) is 0 Å². The van der Waals surface area contributed by atoms with Crippen molar-refractivity contribution in [3.8, 4) is 11.3 Å². The topological polar surface area (TPSA) is 76.5 Å². The molecule has 1 amide bonds. The van der Waals surface area contributed by atoms with Crippen LogP contribution in [0.2, 0.25) is 0 Å². The molecule has 4 heterocycles. The highest BCUT2D eigenvalue weighted by Gasteiger charge is 2.31. The van der Waals surface area contributed by atoms with E-state index in [1.807, 2.05) is 18.3 Å². The number of amides is 1. The number of nitrogens with zero attached hydrogens (tertiary/aromatic N) is 4. The molecule has 1 aliphatic heterocycles. The minimum Gasteiger partial charge on any atom is -0.397 e. The molecule has 32 heavy (non-hydrogen) atoms. The molecule has 1 fully saturated rings. The molecular formula is C24H21F2N5O. The van der Waals surface area contributed by atoms with Crippen molar-refractivity contribution < 1.29 is 13.6 Å². The molecule has 162 valence electrons. The lowest BCUT2D eigenvalue weighted by Crippen LogP contribution is -2.51. The van der Waals surface area contributed by atoms with Gasteiger partial charge in [0.15, 0.2) is 0 Å². The van der Waals surface area contributed by atoms with Crippen molar-refractivity contribution >= 4 is 17.2 Å². The molecule has 4 aromatic rings. The summed E-state index contributed by atoms with van der Waals surface area (Å²) in [6.07, 6.45) is 4.61. The maximum atomic E-state index is 14.1. The second-order valence-corrected chi connectivity index (χ2v) is 8.07. The summed E-state index contributed by atoms with van der Waals surface area (Å²) in [5.74, 6) is -1.07. The number of nitrogens with two attached hydrogens (primary N) is 1. The van der Waals surface area contributed by atoms with Gasteiger partial charge in [-0.3, -0.25) is 9.78 Å². The Hall–Kier alpha value is -3.81. The second kappa shape index (κ2) is 8.03. The highest BCUT2D eigenvalue weighted by molar-refractivity contribution is 5.81. The number of imidazole rings is 1. The molecule has 0 atom stereocenters. The van der Waals surface area contributed by atoms with Crippen molar-refractivity contribution in [2.75, 3.05) is 18.8 Å². The van der Waals surface area contributed by atoms with Crippen LogP contribution in [0.1, 0.15) is 11.4 Å². The third-order valence-corrected chi connectivity index (χ3v) is 5.86. The van der Waals surface area contributed by atoms with Crippen molar-refractivity contribution in [1.82, 2.24) is 19.3 Å². The van der Waals surface area contributed by atoms with E-state index in [9.17, 15) is 13.6 Å². The maximum absolute atomic E-state index is 14.1. The summed E-state index contributed by atoms with van der Waals surface area (Å²) in [6, 6.07) is 12.5. The SMILES string of the molecule is Nc1ccc(-c2ccc(F)cc2F)nc1CC(=O)N1CC(Cc2cccc3nccn23)C1. The number of pyridine rings is 2. The summed E-state index contributed by atoms with van der Waals surface area (Å²) in [5.41, 5.74) is 9.33. The second-order valence-electron chi connectivity index (χ2n) is 8.07. The molecule has 1 aromatic carbocycles. The van der Waals surface area contributed by atoms with Crippen molar-refractivity contribution in [2.45, 2.75) is 12.8 Å². The number of fused-ring (bicyclic) bond motifs is 1. The minimum atomic E-state index is -0.710. The van der Waals surface area contributed by atoms with Crippen LogP contribution in [0.4, 0.5) is 14.5 Å². The van der Waals surface area contributed by atoms with Crippen LogP contribution in [-0.4, -0.2) is 38.3 Å². The number of likely N-dealkylation sites (tertiary alicyclic amines) is 1. The minimum absolute atomic E-state index is 0.0340. The quantitative estimate of drug-likeness (QED) is 0.523. The Morgan fingerprint density at radius 2 is 1.97 bits per heavy atom. The van der Waals surface area contributed by atoms with E-state index in [0.29, 0.717) is 36.1 Å². The number of carbonyl (C=O) groups excluding carboxylic acids is 1. The van der Waals surface area contributed by atoms with Crippen LogP contribution >= 0.6 is 0 Å². The third kappa shape index (κ3) is 3.79. The van der Waals surface area contributed by atoms with E-state index in [-0.39, 0.29) is 17.9 Å². The van der Waals surface area contributed by atoms with E-state index in [1.165, 1.54) is 12.1 Å². The van der Waals surface area contributed by atoms with Crippen LogP contribution < -0.4 is 5.73 Å². The Labute approximate surface area is 183 Å². The molecule has 5 rings (SSSR count). The fourth-order valence-corrected chi connectivity index (χ4v) is 4.13. The molecule has 6 nitrogen and oxygen atoms in total. The Kier molecular flexibility index (Phi) is 5.05. The predicted octanol–water partition coefficient (Wildman–Crippen LogP) is 3.50. The van der Waals surface area contributed by atoms with Crippen LogP contribution in [0.25, 0.3) is 16.9 Å². The molecule has 0 bridgehead atoms. The number of halogens is 2. The van der Waals surface area contributed by atoms with Gasteiger partial charge in [0.05, 0.1) is 23.5 Å². The summed E-state index contributed by atoms with van der Waals surface area (Å²) in [5, 5.41) is 0. The largest absolute Gasteiger partial charge is 0.397 e. The first-order valence-electron chi connectivity index (χ1n) is 10.4. The van der Waals surface area contributed by atoms with E-state index >= 15 is 0 Å². The Morgan fingerprint density at radius 1 is 1.12 bits per heavy atom. The fourth-order valence-electron chi connectivity index (χ4n) is 4.13. The van der Waals surface area contributed by atoms with E-state index in [4.69, 9.17) is 5.73 Å². The van der Waals surface area contributed by atoms with E-state index < -0.39 is 11.6 Å². The molecule has 3 aromatic heterocycles. The zero-order valence-corrected chi connectivity index (χ0v) is 17.2. The lowest BCUT2D eigenvalue weighted by molar-refractivity contribution is -0.136. The number of hydrogen-bond acceptors (Lipinski definition) is 4. The van der Waals surface area contributed by atoms with Gasteiger partial charge in [0.2, 0.25) is 5.91 Å². The highest BCUT2D eigenvalue weighted by Crippen LogP contribution is 2.26. The first kappa shape index (κ1) is 20.1. The molecule has 8 heteroatoms. The lowest BCUT2D eigenvalue weighted by atomic mass is 9.93. The average molecular weight is 433 g/mol. The maximum Gasteiger partial charge on any atom is 0.228 e. The molecule has 0 saturated carbocycles. The van der Waals surface area contributed by atoms with Gasteiger partial charge in [0.1, 0.15) is 17.3 Å². The van der Waals surface area contributed by atoms with E-state index in [2.05, 4.69) is 20.4 Å². The zero-order chi connectivity index (χ0) is 22.2. The lowest BCUT2D eigenvalue weighted by Gasteiger charge is -2.39. The number of carbonyl (C=O) groups is 1.